The summed E-state index contributed by atoms with van der Waals surface area (Å²) in [5.74, 6) is 0. The van der Waals surface area contributed by atoms with Crippen molar-refractivity contribution in [2.45, 2.75) is 0 Å². The highest BCUT2D eigenvalue weighted by molar-refractivity contribution is 6.34. The largest absolute Gasteiger partial charge is 0.331 e. The highest BCUT2D eigenvalue weighted by Gasteiger charge is 2.09. The molecule has 0 atom stereocenters. The molecule has 0 radical (unpaired) electrons. The second-order valence-electron chi connectivity index (χ2n) is 3.74. The first-order valence-electron chi connectivity index (χ1n) is 5.22. The molecular weight excluding hydrogens is 236 g/mol. The molecule has 0 bridgehead atoms. The fourth-order valence-electron chi connectivity index (χ4n) is 1.93. The van der Waals surface area contributed by atoms with Crippen molar-refractivity contribution in [3.05, 3.63) is 64.0 Å². The number of hydrogen-bond acceptors (Lipinski definition) is 1. The average molecular weight is 245 g/mol. The Hall–Kier alpha value is -2.00. The fraction of sp³-hybridized carbons (Fsp3) is 0. The van der Waals surface area contributed by atoms with Crippen LogP contribution in [0.2, 0.25) is 5.02 Å². The summed E-state index contributed by atoms with van der Waals surface area (Å²) in [4.78, 5) is 14.7. The van der Waals surface area contributed by atoms with Gasteiger partial charge in [0, 0.05) is 0 Å². The SMILES string of the molecule is O=c1[nH]c2c(Cl)cccc2n1-c1ccccc1. The van der Waals surface area contributed by atoms with Gasteiger partial charge in [0.25, 0.3) is 0 Å². The highest BCUT2D eigenvalue weighted by Crippen LogP contribution is 2.22. The summed E-state index contributed by atoms with van der Waals surface area (Å²) < 4.78 is 1.61. The summed E-state index contributed by atoms with van der Waals surface area (Å²) in [7, 11) is 0. The van der Waals surface area contributed by atoms with Crippen LogP contribution in [0.4, 0.5) is 0 Å². The van der Waals surface area contributed by atoms with Crippen LogP contribution in [0.15, 0.2) is 53.3 Å². The van der Waals surface area contributed by atoms with Crippen LogP contribution < -0.4 is 5.69 Å². The molecule has 0 amide bonds. The van der Waals surface area contributed by atoms with E-state index >= 15 is 0 Å². The average Bonchev–Trinajstić information content (AvgIpc) is 2.68. The van der Waals surface area contributed by atoms with Crippen molar-refractivity contribution in [3.63, 3.8) is 0 Å². The van der Waals surface area contributed by atoms with Gasteiger partial charge in [-0.1, -0.05) is 35.9 Å². The second kappa shape index (κ2) is 3.79. The summed E-state index contributed by atoms with van der Waals surface area (Å²) in [5.41, 5.74) is 2.10. The Kier molecular flexibility index (Phi) is 2.27. The van der Waals surface area contributed by atoms with Gasteiger partial charge in [0.15, 0.2) is 0 Å². The highest BCUT2D eigenvalue weighted by atomic mass is 35.5. The van der Waals surface area contributed by atoms with Crippen molar-refractivity contribution in [1.82, 2.24) is 9.55 Å². The normalized spacial score (nSPS) is 10.9. The maximum atomic E-state index is 11.9. The lowest BCUT2D eigenvalue weighted by Crippen LogP contribution is -2.14. The number of imidazole rings is 1. The Morgan fingerprint density at radius 3 is 2.53 bits per heavy atom. The van der Waals surface area contributed by atoms with E-state index in [1.54, 1.807) is 10.6 Å². The van der Waals surface area contributed by atoms with Crippen LogP contribution in [-0.2, 0) is 0 Å². The van der Waals surface area contributed by atoms with Crippen LogP contribution in [0.25, 0.3) is 16.7 Å². The number of nitrogens with one attached hydrogen (secondary N) is 1. The molecule has 17 heavy (non-hydrogen) atoms. The van der Waals surface area contributed by atoms with Crippen molar-refractivity contribution in [1.29, 1.82) is 0 Å². The minimum Gasteiger partial charge on any atom is -0.304 e. The zero-order valence-corrected chi connectivity index (χ0v) is 9.61. The van der Waals surface area contributed by atoms with Crippen LogP contribution in [0.1, 0.15) is 0 Å². The van der Waals surface area contributed by atoms with E-state index in [0.29, 0.717) is 10.5 Å². The lowest BCUT2D eigenvalue weighted by molar-refractivity contribution is 1.02. The number of H-pyrrole nitrogens is 1. The van der Waals surface area contributed by atoms with E-state index in [1.165, 1.54) is 0 Å². The van der Waals surface area contributed by atoms with Crippen LogP contribution in [0.3, 0.4) is 0 Å². The number of benzene rings is 2. The van der Waals surface area contributed by atoms with Gasteiger partial charge in [-0.2, -0.15) is 0 Å². The Bertz CT molecular complexity index is 728. The van der Waals surface area contributed by atoms with Gasteiger partial charge in [0.2, 0.25) is 0 Å². The van der Waals surface area contributed by atoms with Gasteiger partial charge in [-0.15, -0.1) is 0 Å². The molecule has 1 heterocycles. The van der Waals surface area contributed by atoms with Crippen LogP contribution >= 0.6 is 11.6 Å². The first-order valence-corrected chi connectivity index (χ1v) is 5.60. The number of nitrogens with zero attached hydrogens (tertiary/aromatic N) is 1. The molecule has 2 aromatic carbocycles. The molecule has 0 unspecified atom stereocenters. The topological polar surface area (TPSA) is 37.8 Å². The van der Waals surface area contributed by atoms with Crippen LogP contribution in [0.5, 0.6) is 0 Å². The Labute approximate surface area is 102 Å². The number of halogens is 1. The molecule has 1 aromatic heterocycles. The van der Waals surface area contributed by atoms with Gasteiger partial charge in [-0.05, 0) is 24.3 Å². The molecule has 0 spiro atoms. The molecule has 3 nitrogen and oxygen atoms in total. The number of aromatic amines is 1. The lowest BCUT2D eigenvalue weighted by Gasteiger charge is -2.02. The smallest absolute Gasteiger partial charge is 0.304 e. The summed E-state index contributed by atoms with van der Waals surface area (Å²) in [5, 5.41) is 0.550. The molecule has 0 aliphatic carbocycles. The number of aromatic nitrogens is 2. The van der Waals surface area contributed by atoms with E-state index in [0.717, 1.165) is 11.2 Å². The molecular formula is C13H9ClN2O. The first kappa shape index (κ1) is 10.2. The third-order valence-electron chi connectivity index (χ3n) is 2.68. The summed E-state index contributed by atoms with van der Waals surface area (Å²) in [6, 6.07) is 14.9. The number of fused-ring (bicyclic) bond motifs is 1. The van der Waals surface area contributed by atoms with Gasteiger partial charge in [-0.3, -0.25) is 4.57 Å². The third-order valence-corrected chi connectivity index (χ3v) is 3.00. The summed E-state index contributed by atoms with van der Waals surface area (Å²) >= 11 is 6.05. The molecule has 0 saturated heterocycles. The number of para-hydroxylation sites is 2. The first-order chi connectivity index (χ1) is 8.27. The van der Waals surface area contributed by atoms with Crippen molar-refractivity contribution in [2.24, 2.45) is 0 Å². The van der Waals surface area contributed by atoms with E-state index in [-0.39, 0.29) is 5.69 Å². The number of hydrogen-bond donors (Lipinski definition) is 1. The van der Waals surface area contributed by atoms with Gasteiger partial charge in [0.05, 0.1) is 21.7 Å². The quantitative estimate of drug-likeness (QED) is 0.702. The molecule has 4 heteroatoms. The standard InChI is InChI=1S/C13H9ClN2O/c14-10-7-4-8-11-12(10)15-13(17)16(11)9-5-2-1-3-6-9/h1-8H,(H,15,17). The molecule has 1 N–H and O–H groups in total. The molecule has 0 saturated carbocycles. The molecule has 3 rings (SSSR count). The minimum atomic E-state index is -0.181. The molecule has 3 aromatic rings. The van der Waals surface area contributed by atoms with E-state index in [4.69, 9.17) is 11.6 Å². The zero-order valence-electron chi connectivity index (χ0n) is 8.85. The Morgan fingerprint density at radius 1 is 1.00 bits per heavy atom. The number of rotatable bonds is 1. The predicted octanol–water partition coefficient (Wildman–Crippen LogP) is 2.97. The van der Waals surface area contributed by atoms with Crippen molar-refractivity contribution in [2.75, 3.05) is 0 Å². The monoisotopic (exact) mass is 244 g/mol. The van der Waals surface area contributed by atoms with Crippen molar-refractivity contribution >= 4 is 22.6 Å². The fourth-order valence-corrected chi connectivity index (χ4v) is 2.15. The second-order valence-corrected chi connectivity index (χ2v) is 4.14. The molecule has 84 valence electrons. The summed E-state index contributed by atoms with van der Waals surface area (Å²) in [6.45, 7) is 0. The van der Waals surface area contributed by atoms with Crippen molar-refractivity contribution in [3.8, 4) is 5.69 Å². The van der Waals surface area contributed by atoms with Gasteiger partial charge < -0.3 is 4.98 Å². The van der Waals surface area contributed by atoms with Gasteiger partial charge in [-0.25, -0.2) is 4.79 Å². The van der Waals surface area contributed by atoms with E-state index in [1.807, 2.05) is 42.5 Å². The van der Waals surface area contributed by atoms with E-state index in [9.17, 15) is 4.79 Å². The maximum Gasteiger partial charge on any atom is 0.331 e. The van der Waals surface area contributed by atoms with Crippen LogP contribution in [0, 0.1) is 0 Å². The van der Waals surface area contributed by atoms with Gasteiger partial charge >= 0.3 is 5.69 Å². The lowest BCUT2D eigenvalue weighted by atomic mass is 10.3. The van der Waals surface area contributed by atoms with E-state index < -0.39 is 0 Å². The molecule has 0 aliphatic rings. The summed E-state index contributed by atoms with van der Waals surface area (Å²) in [6.07, 6.45) is 0. The Morgan fingerprint density at radius 2 is 1.76 bits per heavy atom. The van der Waals surface area contributed by atoms with E-state index in [2.05, 4.69) is 4.98 Å². The predicted molar refractivity (Wildman–Crippen MR) is 68.9 cm³/mol. The maximum absolute atomic E-state index is 11.9. The minimum absolute atomic E-state index is 0.181. The molecule has 0 aliphatic heterocycles. The van der Waals surface area contributed by atoms with Crippen molar-refractivity contribution < 1.29 is 0 Å². The third kappa shape index (κ3) is 1.56. The van der Waals surface area contributed by atoms with Gasteiger partial charge in [0.1, 0.15) is 0 Å². The zero-order chi connectivity index (χ0) is 11.8. The Balaban J connectivity index is 2.42. The molecule has 0 fully saturated rings. The van der Waals surface area contributed by atoms with Crippen LogP contribution in [-0.4, -0.2) is 9.55 Å².